The average Bonchev–Trinajstić information content (AvgIpc) is 3.83. The summed E-state index contributed by atoms with van der Waals surface area (Å²) < 4.78 is 5.23. The Morgan fingerprint density at radius 2 is 0.909 bits per heavy atom. The molecule has 2 aromatic heterocycles. The number of thiophene rings is 2. The van der Waals surface area contributed by atoms with E-state index in [-0.39, 0.29) is 0 Å². The third-order valence-electron chi connectivity index (χ3n) is 10.9. The van der Waals surface area contributed by atoms with E-state index in [1.165, 1.54) is 90.2 Å². The molecule has 11 aromatic rings. The van der Waals surface area contributed by atoms with Crippen molar-refractivity contribution in [3.8, 4) is 33.4 Å². The lowest BCUT2D eigenvalue weighted by atomic mass is 9.98. The fraction of sp³-hybridized carbons (Fsp3) is 0. The lowest BCUT2D eigenvalue weighted by molar-refractivity contribution is 1.30. The molecule has 0 amide bonds. The summed E-state index contributed by atoms with van der Waals surface area (Å²) in [5, 5.41) is 7.72. The van der Waals surface area contributed by atoms with Gasteiger partial charge in [-0.3, -0.25) is 0 Å². The molecule has 0 atom stereocenters. The van der Waals surface area contributed by atoms with Gasteiger partial charge in [0.1, 0.15) is 0 Å². The van der Waals surface area contributed by atoms with Crippen LogP contribution in [0, 0.1) is 0 Å². The van der Waals surface area contributed by atoms with E-state index < -0.39 is 0 Å². The molecule has 11 rings (SSSR count). The summed E-state index contributed by atoms with van der Waals surface area (Å²) in [6.45, 7) is 0. The van der Waals surface area contributed by atoms with Crippen molar-refractivity contribution >= 4 is 90.9 Å². The molecule has 1 nitrogen and oxygen atoms in total. The van der Waals surface area contributed by atoms with Gasteiger partial charge in [-0.15, -0.1) is 22.7 Å². The normalized spacial score (nSPS) is 11.6. The smallest absolute Gasteiger partial charge is 0.0640 e. The summed E-state index contributed by atoms with van der Waals surface area (Å²) in [6.07, 6.45) is 0. The SMILES string of the molecule is c1ccc(-c2cccc3c2sc2c(N(c4ccc(-c5cccc6ccccc56)cc4)c4cccc(-c5ccc6sc7ccccc7c6c5)c4)cccc23)cc1. The number of nitrogens with zero attached hydrogens (tertiary/aromatic N) is 1. The lowest BCUT2D eigenvalue weighted by Gasteiger charge is -2.27. The first-order valence-electron chi connectivity index (χ1n) is 18.7. The number of fused-ring (bicyclic) bond motifs is 7. The average molecular weight is 736 g/mol. The van der Waals surface area contributed by atoms with Crippen LogP contribution in [0.2, 0.25) is 0 Å². The molecule has 258 valence electrons. The zero-order chi connectivity index (χ0) is 36.3. The number of rotatable bonds is 6. The zero-order valence-corrected chi connectivity index (χ0v) is 31.4. The van der Waals surface area contributed by atoms with Crippen LogP contribution in [0.4, 0.5) is 17.1 Å². The second kappa shape index (κ2) is 13.1. The van der Waals surface area contributed by atoms with Gasteiger partial charge in [0.05, 0.1) is 10.4 Å². The van der Waals surface area contributed by atoms with E-state index in [0.29, 0.717) is 0 Å². The van der Waals surface area contributed by atoms with E-state index >= 15 is 0 Å². The topological polar surface area (TPSA) is 3.24 Å². The molecule has 0 N–H and O–H groups in total. The van der Waals surface area contributed by atoms with Crippen LogP contribution in [-0.2, 0) is 0 Å². The summed E-state index contributed by atoms with van der Waals surface area (Å²) in [7, 11) is 0. The molecule has 0 spiro atoms. The molecule has 0 saturated heterocycles. The summed E-state index contributed by atoms with van der Waals surface area (Å²) in [5.74, 6) is 0. The number of anilines is 3. The highest BCUT2D eigenvalue weighted by Crippen LogP contribution is 2.48. The van der Waals surface area contributed by atoms with Crippen LogP contribution in [0.15, 0.2) is 200 Å². The quantitative estimate of drug-likeness (QED) is 0.164. The van der Waals surface area contributed by atoms with Crippen LogP contribution in [0.5, 0.6) is 0 Å². The Balaban J connectivity index is 1.10. The summed E-state index contributed by atoms with van der Waals surface area (Å²) in [4.78, 5) is 2.45. The van der Waals surface area contributed by atoms with Crippen LogP contribution in [0.3, 0.4) is 0 Å². The van der Waals surface area contributed by atoms with Crippen molar-refractivity contribution in [3.63, 3.8) is 0 Å². The molecule has 0 unspecified atom stereocenters. The Hall–Kier alpha value is -6.52. The number of hydrogen-bond acceptors (Lipinski definition) is 3. The van der Waals surface area contributed by atoms with Gasteiger partial charge >= 0.3 is 0 Å². The van der Waals surface area contributed by atoms with Gasteiger partial charge in [-0.2, -0.15) is 0 Å². The fourth-order valence-corrected chi connectivity index (χ4v) is 10.7. The predicted octanol–water partition coefficient (Wildman–Crippen LogP) is 16.0. The Morgan fingerprint density at radius 3 is 1.80 bits per heavy atom. The number of benzene rings is 9. The Morgan fingerprint density at radius 1 is 0.309 bits per heavy atom. The molecule has 0 bridgehead atoms. The minimum atomic E-state index is 1.12. The van der Waals surface area contributed by atoms with E-state index in [1.54, 1.807) is 0 Å². The van der Waals surface area contributed by atoms with Crippen LogP contribution in [0.1, 0.15) is 0 Å². The first-order valence-corrected chi connectivity index (χ1v) is 20.3. The summed E-state index contributed by atoms with van der Waals surface area (Å²) in [5.41, 5.74) is 10.8. The van der Waals surface area contributed by atoms with E-state index in [1.807, 2.05) is 22.7 Å². The molecule has 9 aromatic carbocycles. The Kier molecular flexibility index (Phi) is 7.61. The highest BCUT2D eigenvalue weighted by Gasteiger charge is 2.20. The largest absolute Gasteiger partial charge is 0.309 e. The van der Waals surface area contributed by atoms with Gasteiger partial charge in [-0.05, 0) is 92.7 Å². The molecule has 0 aliphatic heterocycles. The zero-order valence-electron chi connectivity index (χ0n) is 29.8. The maximum atomic E-state index is 2.45. The fourth-order valence-electron chi connectivity index (χ4n) is 8.25. The highest BCUT2D eigenvalue weighted by molar-refractivity contribution is 7.27. The second-order valence-corrected chi connectivity index (χ2v) is 16.2. The van der Waals surface area contributed by atoms with Crippen molar-refractivity contribution in [3.05, 3.63) is 200 Å². The highest BCUT2D eigenvalue weighted by atomic mass is 32.1. The maximum absolute atomic E-state index is 2.45. The van der Waals surface area contributed by atoms with Crippen LogP contribution in [0.25, 0.3) is 84.5 Å². The molecule has 0 fully saturated rings. The first-order chi connectivity index (χ1) is 27.3. The summed E-state index contributed by atoms with van der Waals surface area (Å²) in [6, 6.07) is 73.4. The molecule has 0 saturated carbocycles. The molecule has 2 heterocycles. The van der Waals surface area contributed by atoms with E-state index in [0.717, 1.165) is 11.4 Å². The maximum Gasteiger partial charge on any atom is 0.0640 e. The number of hydrogen-bond donors (Lipinski definition) is 0. The van der Waals surface area contributed by atoms with Gasteiger partial charge in [0.2, 0.25) is 0 Å². The van der Waals surface area contributed by atoms with Crippen LogP contribution >= 0.6 is 22.7 Å². The van der Waals surface area contributed by atoms with Crippen LogP contribution in [-0.4, -0.2) is 0 Å². The predicted molar refractivity (Wildman–Crippen MR) is 241 cm³/mol. The lowest BCUT2D eigenvalue weighted by Crippen LogP contribution is -2.10. The second-order valence-electron chi connectivity index (χ2n) is 14.1. The van der Waals surface area contributed by atoms with Gasteiger partial charge in [0, 0.05) is 47.0 Å². The minimum Gasteiger partial charge on any atom is -0.309 e. The molecule has 0 radical (unpaired) electrons. The summed E-state index contributed by atoms with van der Waals surface area (Å²) >= 11 is 3.76. The van der Waals surface area contributed by atoms with Crippen molar-refractivity contribution in [2.45, 2.75) is 0 Å². The molecule has 0 aliphatic rings. The van der Waals surface area contributed by atoms with Gasteiger partial charge in [-0.1, -0.05) is 152 Å². The van der Waals surface area contributed by atoms with Crippen LogP contribution < -0.4 is 4.90 Å². The first kappa shape index (κ1) is 32.0. The van der Waals surface area contributed by atoms with Crippen molar-refractivity contribution in [1.29, 1.82) is 0 Å². The van der Waals surface area contributed by atoms with Crippen molar-refractivity contribution in [2.75, 3.05) is 4.90 Å². The standard InChI is InChI=1S/C52H33NS2/c1-2-12-35(13-3-1)43-21-10-22-45-46-23-11-24-48(52(46)55-51(43)45)53(39-29-26-36(27-30-39)42-20-9-15-34-14-4-5-18-41(34)42)40-17-8-16-37(32-40)38-28-31-50-47(33-38)44-19-6-7-25-49(44)54-50/h1-33H. The third-order valence-corrected chi connectivity index (χ3v) is 13.3. The molecule has 0 aliphatic carbocycles. The van der Waals surface area contributed by atoms with Gasteiger partial charge < -0.3 is 4.90 Å². The van der Waals surface area contributed by atoms with Gasteiger partial charge in [-0.25, -0.2) is 0 Å². The molecular formula is C52H33NS2. The molecule has 3 heteroatoms. The van der Waals surface area contributed by atoms with E-state index in [2.05, 4.69) is 205 Å². The van der Waals surface area contributed by atoms with E-state index in [9.17, 15) is 0 Å². The Labute approximate surface area is 327 Å². The molecule has 55 heavy (non-hydrogen) atoms. The van der Waals surface area contributed by atoms with Crippen molar-refractivity contribution in [2.24, 2.45) is 0 Å². The monoisotopic (exact) mass is 735 g/mol. The Bertz CT molecular complexity index is 3200. The third kappa shape index (κ3) is 5.43. The van der Waals surface area contributed by atoms with E-state index in [4.69, 9.17) is 0 Å². The molecular weight excluding hydrogens is 703 g/mol. The van der Waals surface area contributed by atoms with Crippen molar-refractivity contribution < 1.29 is 0 Å². The van der Waals surface area contributed by atoms with Gasteiger partial charge in [0.25, 0.3) is 0 Å². The van der Waals surface area contributed by atoms with Gasteiger partial charge in [0.15, 0.2) is 0 Å². The van der Waals surface area contributed by atoms with Crippen molar-refractivity contribution in [1.82, 2.24) is 0 Å². The minimum absolute atomic E-state index is 1.12.